The molecule has 20 heavy (non-hydrogen) atoms. The average Bonchev–Trinajstić information content (AvgIpc) is 2.39. The van der Waals surface area contributed by atoms with Crippen LogP contribution < -0.4 is 5.32 Å². The highest BCUT2D eigenvalue weighted by atomic mass is 32.2. The van der Waals surface area contributed by atoms with Crippen LogP contribution in [0.5, 0.6) is 0 Å². The smallest absolute Gasteiger partial charge is 0.245 e. The molecule has 0 saturated carbocycles. The van der Waals surface area contributed by atoms with E-state index in [-0.39, 0.29) is 29.8 Å². The Morgan fingerprint density at radius 3 is 2.45 bits per heavy atom. The van der Waals surface area contributed by atoms with Crippen LogP contribution >= 0.6 is 11.8 Å². The van der Waals surface area contributed by atoms with Crippen LogP contribution in [0.2, 0.25) is 0 Å². The van der Waals surface area contributed by atoms with Crippen molar-refractivity contribution in [2.45, 2.75) is 52.6 Å². The molecule has 1 aliphatic heterocycles. The molecule has 0 bridgehead atoms. The maximum absolute atomic E-state index is 12.6. The van der Waals surface area contributed by atoms with Gasteiger partial charge in [0.1, 0.15) is 12.1 Å². The minimum absolute atomic E-state index is 0.0192. The fourth-order valence-electron chi connectivity index (χ4n) is 2.66. The van der Waals surface area contributed by atoms with Gasteiger partial charge in [0.2, 0.25) is 11.8 Å². The molecule has 2 amide bonds. The summed E-state index contributed by atoms with van der Waals surface area (Å²) in [6, 6.07) is -0.646. The van der Waals surface area contributed by atoms with Crippen LogP contribution in [-0.2, 0) is 9.59 Å². The summed E-state index contributed by atoms with van der Waals surface area (Å²) in [4.78, 5) is 26.9. The Bertz CT molecular complexity index is 347. The van der Waals surface area contributed by atoms with E-state index in [4.69, 9.17) is 0 Å². The number of thioether (sulfide) groups is 1. The average molecular weight is 300 g/mol. The van der Waals surface area contributed by atoms with Crippen molar-refractivity contribution in [3.8, 4) is 0 Å². The third-order valence-corrected chi connectivity index (χ3v) is 4.52. The van der Waals surface area contributed by atoms with Gasteiger partial charge in [-0.3, -0.25) is 9.59 Å². The highest BCUT2D eigenvalue weighted by Crippen LogP contribution is 2.22. The molecule has 3 atom stereocenters. The van der Waals surface area contributed by atoms with Gasteiger partial charge >= 0.3 is 0 Å². The molecule has 1 N–H and O–H groups in total. The molecule has 116 valence electrons. The van der Waals surface area contributed by atoms with Gasteiger partial charge < -0.3 is 10.2 Å². The molecule has 1 aliphatic rings. The highest BCUT2D eigenvalue weighted by Gasteiger charge is 2.42. The van der Waals surface area contributed by atoms with Gasteiger partial charge in [-0.25, -0.2) is 0 Å². The van der Waals surface area contributed by atoms with Crippen LogP contribution in [0.1, 0.15) is 40.5 Å². The van der Waals surface area contributed by atoms with Gasteiger partial charge in [0.05, 0.1) is 0 Å². The highest BCUT2D eigenvalue weighted by molar-refractivity contribution is 7.98. The molecule has 3 unspecified atom stereocenters. The van der Waals surface area contributed by atoms with Crippen LogP contribution in [0.3, 0.4) is 0 Å². The van der Waals surface area contributed by atoms with Crippen molar-refractivity contribution in [3.63, 3.8) is 0 Å². The third kappa shape index (κ3) is 4.14. The number of nitrogens with one attached hydrogen (secondary N) is 1. The van der Waals surface area contributed by atoms with Crippen LogP contribution in [0, 0.1) is 11.8 Å². The zero-order valence-corrected chi connectivity index (χ0v) is 14.1. The summed E-state index contributed by atoms with van der Waals surface area (Å²) >= 11 is 1.71. The lowest BCUT2D eigenvalue weighted by atomic mass is 9.91. The Balaban J connectivity index is 2.91. The Morgan fingerprint density at radius 1 is 1.30 bits per heavy atom. The quantitative estimate of drug-likeness (QED) is 0.783. The summed E-state index contributed by atoms with van der Waals surface area (Å²) in [7, 11) is 0. The minimum atomic E-state index is -0.343. The van der Waals surface area contributed by atoms with Crippen molar-refractivity contribution >= 4 is 23.6 Å². The molecular formula is C15H28N2O2S. The molecule has 5 heteroatoms. The molecule has 1 fully saturated rings. The van der Waals surface area contributed by atoms with E-state index >= 15 is 0 Å². The molecule has 0 aromatic rings. The van der Waals surface area contributed by atoms with Crippen molar-refractivity contribution in [2.75, 3.05) is 18.6 Å². The fraction of sp³-hybridized carbons (Fsp3) is 0.867. The molecule has 0 radical (unpaired) electrons. The largest absolute Gasteiger partial charge is 0.342 e. The topological polar surface area (TPSA) is 49.4 Å². The number of piperazine rings is 1. The first kappa shape index (κ1) is 17.3. The summed E-state index contributed by atoms with van der Waals surface area (Å²) in [5.74, 6) is 1.58. The zero-order chi connectivity index (χ0) is 15.3. The van der Waals surface area contributed by atoms with Gasteiger partial charge in [-0.05, 0) is 24.5 Å². The lowest BCUT2D eigenvalue weighted by Gasteiger charge is -2.41. The molecule has 0 aliphatic carbocycles. The standard InChI is InChI=1S/C15H28N2O2S/c1-6-11(4)13-14(18)16-12(9-10(2)3)15(19)17(13)7-8-20-5/h10-13H,6-9H2,1-5H3,(H,16,18). The van der Waals surface area contributed by atoms with E-state index in [2.05, 4.69) is 26.1 Å². The number of nitrogens with zero attached hydrogens (tertiary/aromatic N) is 1. The summed E-state index contributed by atoms with van der Waals surface area (Å²) in [6.45, 7) is 8.93. The summed E-state index contributed by atoms with van der Waals surface area (Å²) in [5, 5.41) is 2.93. The van der Waals surface area contributed by atoms with Crippen LogP contribution in [0.25, 0.3) is 0 Å². The van der Waals surface area contributed by atoms with Crippen molar-refractivity contribution < 1.29 is 9.59 Å². The molecule has 4 nitrogen and oxygen atoms in total. The maximum atomic E-state index is 12.6. The van der Waals surface area contributed by atoms with Gasteiger partial charge in [0.15, 0.2) is 0 Å². The first-order valence-corrected chi connectivity index (χ1v) is 8.91. The zero-order valence-electron chi connectivity index (χ0n) is 13.3. The number of carbonyl (C=O) groups excluding carboxylic acids is 2. The number of hydrogen-bond donors (Lipinski definition) is 1. The molecule has 0 aromatic carbocycles. The summed E-state index contributed by atoms with van der Waals surface area (Å²) < 4.78 is 0. The second-order valence-corrected chi connectivity index (χ2v) is 7.03. The van der Waals surface area contributed by atoms with Crippen LogP contribution in [0.15, 0.2) is 0 Å². The second-order valence-electron chi connectivity index (χ2n) is 6.05. The predicted molar refractivity (Wildman–Crippen MR) is 84.7 cm³/mol. The van der Waals surface area contributed by atoms with Crippen molar-refractivity contribution in [3.05, 3.63) is 0 Å². The number of carbonyl (C=O) groups is 2. The lowest BCUT2D eigenvalue weighted by molar-refractivity contribution is -0.151. The molecule has 1 saturated heterocycles. The van der Waals surface area contributed by atoms with E-state index in [1.165, 1.54) is 0 Å². The third-order valence-electron chi connectivity index (χ3n) is 3.93. The van der Waals surface area contributed by atoms with E-state index in [9.17, 15) is 9.59 Å². The van der Waals surface area contributed by atoms with Crippen LogP contribution in [0.4, 0.5) is 0 Å². The van der Waals surface area contributed by atoms with Crippen molar-refractivity contribution in [1.29, 1.82) is 0 Å². The van der Waals surface area contributed by atoms with E-state index in [0.717, 1.165) is 12.2 Å². The first-order valence-electron chi connectivity index (χ1n) is 7.52. The second kappa shape index (κ2) is 7.91. The van der Waals surface area contributed by atoms with Gasteiger partial charge in [0.25, 0.3) is 0 Å². The maximum Gasteiger partial charge on any atom is 0.245 e. The summed E-state index contributed by atoms with van der Waals surface area (Å²) in [5.41, 5.74) is 0. The molecule has 0 spiro atoms. The normalized spacial score (nSPS) is 25.0. The molecule has 1 heterocycles. The van der Waals surface area contributed by atoms with Crippen molar-refractivity contribution in [1.82, 2.24) is 10.2 Å². The van der Waals surface area contributed by atoms with E-state index in [1.807, 2.05) is 18.1 Å². The number of amides is 2. The predicted octanol–water partition coefficient (Wildman–Crippen LogP) is 2.14. The SMILES string of the molecule is CCC(C)C1C(=O)NC(CC(C)C)C(=O)N1CCSC. The summed E-state index contributed by atoms with van der Waals surface area (Å²) in [6.07, 6.45) is 3.64. The Morgan fingerprint density at radius 2 is 1.95 bits per heavy atom. The van der Waals surface area contributed by atoms with E-state index in [0.29, 0.717) is 18.9 Å². The lowest BCUT2D eigenvalue weighted by Crippen LogP contribution is -2.65. The molecular weight excluding hydrogens is 272 g/mol. The van der Waals surface area contributed by atoms with Gasteiger partial charge in [-0.1, -0.05) is 34.1 Å². The van der Waals surface area contributed by atoms with E-state index in [1.54, 1.807) is 11.8 Å². The van der Waals surface area contributed by atoms with Crippen molar-refractivity contribution in [2.24, 2.45) is 11.8 Å². The Kier molecular flexibility index (Phi) is 6.86. The Labute approximate surface area is 127 Å². The number of hydrogen-bond acceptors (Lipinski definition) is 3. The molecule has 1 rings (SSSR count). The number of rotatable bonds is 7. The first-order chi connectivity index (χ1) is 9.42. The van der Waals surface area contributed by atoms with Gasteiger partial charge in [-0.15, -0.1) is 0 Å². The Hall–Kier alpha value is -0.710. The molecule has 0 aromatic heterocycles. The monoisotopic (exact) mass is 300 g/mol. The van der Waals surface area contributed by atoms with E-state index < -0.39 is 0 Å². The van der Waals surface area contributed by atoms with Gasteiger partial charge in [0, 0.05) is 12.3 Å². The fourth-order valence-corrected chi connectivity index (χ4v) is 3.04. The minimum Gasteiger partial charge on any atom is -0.342 e. The van der Waals surface area contributed by atoms with Crippen LogP contribution in [-0.4, -0.2) is 47.4 Å². The van der Waals surface area contributed by atoms with Gasteiger partial charge in [-0.2, -0.15) is 11.8 Å².